The van der Waals surface area contributed by atoms with Crippen molar-refractivity contribution >= 4 is 35.0 Å². The Morgan fingerprint density at radius 2 is 1.96 bits per heavy atom. The third kappa shape index (κ3) is 4.43. The Morgan fingerprint density at radius 1 is 1.22 bits per heavy atom. The zero-order valence-corrected chi connectivity index (χ0v) is 16.7. The topological polar surface area (TPSA) is 69.0 Å². The van der Waals surface area contributed by atoms with E-state index in [1.165, 1.54) is 11.8 Å². The highest BCUT2D eigenvalue weighted by Crippen LogP contribution is 2.29. The van der Waals surface area contributed by atoms with Crippen LogP contribution in [0.5, 0.6) is 5.75 Å². The van der Waals surface area contributed by atoms with Gasteiger partial charge in [-0.2, -0.15) is 0 Å². The van der Waals surface area contributed by atoms with Crippen LogP contribution in [0.25, 0.3) is 5.69 Å². The van der Waals surface area contributed by atoms with E-state index >= 15 is 0 Å². The van der Waals surface area contributed by atoms with Crippen molar-refractivity contribution in [1.82, 2.24) is 14.8 Å². The molecule has 3 rings (SSSR count). The van der Waals surface area contributed by atoms with Crippen molar-refractivity contribution in [2.75, 3.05) is 12.4 Å². The second-order valence-electron chi connectivity index (χ2n) is 5.80. The highest BCUT2D eigenvalue weighted by Gasteiger charge is 2.20. The molecule has 1 amide bonds. The minimum absolute atomic E-state index is 0.151. The molecule has 0 saturated heterocycles. The van der Waals surface area contributed by atoms with Crippen molar-refractivity contribution in [1.29, 1.82) is 0 Å². The number of nitrogens with zero attached hydrogens (tertiary/aromatic N) is 3. The van der Waals surface area contributed by atoms with Crippen LogP contribution in [0.2, 0.25) is 5.02 Å². The van der Waals surface area contributed by atoms with Crippen LogP contribution < -0.4 is 10.1 Å². The van der Waals surface area contributed by atoms with Gasteiger partial charge in [0.1, 0.15) is 11.6 Å². The van der Waals surface area contributed by atoms with Crippen LogP contribution in [0.15, 0.2) is 53.7 Å². The molecule has 0 aliphatic carbocycles. The van der Waals surface area contributed by atoms with Crippen molar-refractivity contribution in [2.24, 2.45) is 0 Å². The SMILES string of the molecule is COc1ccc(NC(=O)[C@@H](C)Sc2nnc(C)n2-c2ccccc2)cc1Cl. The Morgan fingerprint density at radius 3 is 2.63 bits per heavy atom. The first kappa shape index (κ1) is 19.3. The van der Waals surface area contributed by atoms with Gasteiger partial charge in [-0.25, -0.2) is 0 Å². The van der Waals surface area contributed by atoms with Gasteiger partial charge in [-0.3, -0.25) is 9.36 Å². The molecule has 8 heteroatoms. The van der Waals surface area contributed by atoms with E-state index in [1.807, 2.05) is 48.7 Å². The van der Waals surface area contributed by atoms with E-state index in [1.54, 1.807) is 25.3 Å². The Kier molecular flexibility index (Phi) is 6.03. The average molecular weight is 403 g/mol. The first-order valence-electron chi connectivity index (χ1n) is 8.28. The summed E-state index contributed by atoms with van der Waals surface area (Å²) >= 11 is 7.46. The Balaban J connectivity index is 1.73. The fraction of sp³-hybridized carbons (Fsp3) is 0.211. The highest BCUT2D eigenvalue weighted by molar-refractivity contribution is 8.00. The maximum atomic E-state index is 12.6. The van der Waals surface area contributed by atoms with E-state index in [-0.39, 0.29) is 11.2 Å². The molecule has 27 heavy (non-hydrogen) atoms. The lowest BCUT2D eigenvalue weighted by molar-refractivity contribution is -0.115. The second kappa shape index (κ2) is 8.45. The zero-order valence-electron chi connectivity index (χ0n) is 15.1. The van der Waals surface area contributed by atoms with E-state index in [0.717, 1.165) is 11.5 Å². The number of nitrogens with one attached hydrogen (secondary N) is 1. The predicted octanol–water partition coefficient (Wildman–Crippen LogP) is 4.36. The third-order valence-electron chi connectivity index (χ3n) is 3.88. The van der Waals surface area contributed by atoms with Gasteiger partial charge in [0.25, 0.3) is 0 Å². The summed E-state index contributed by atoms with van der Waals surface area (Å²) in [4.78, 5) is 12.6. The summed E-state index contributed by atoms with van der Waals surface area (Å²) in [6.07, 6.45) is 0. The molecule has 1 aromatic heterocycles. The van der Waals surface area contributed by atoms with Gasteiger partial charge in [0.05, 0.1) is 17.4 Å². The number of carbonyl (C=O) groups is 1. The maximum Gasteiger partial charge on any atom is 0.237 e. The summed E-state index contributed by atoms with van der Waals surface area (Å²) < 4.78 is 7.05. The van der Waals surface area contributed by atoms with Gasteiger partial charge in [-0.15, -0.1) is 10.2 Å². The van der Waals surface area contributed by atoms with Crippen molar-refractivity contribution in [2.45, 2.75) is 24.3 Å². The van der Waals surface area contributed by atoms with E-state index in [2.05, 4.69) is 15.5 Å². The molecular weight excluding hydrogens is 384 g/mol. The lowest BCUT2D eigenvalue weighted by atomic mass is 10.3. The van der Waals surface area contributed by atoms with Crippen LogP contribution >= 0.6 is 23.4 Å². The number of para-hydroxylation sites is 1. The molecule has 1 N–H and O–H groups in total. The standard InChI is InChI=1S/C19H19ClN4O2S/c1-12(18(25)21-14-9-10-17(26-3)16(20)11-14)27-19-23-22-13(2)24(19)15-7-5-4-6-8-15/h4-12H,1-3H3,(H,21,25)/t12-/m1/s1. The summed E-state index contributed by atoms with van der Waals surface area (Å²) in [5.74, 6) is 1.17. The van der Waals surface area contributed by atoms with Gasteiger partial charge in [0.15, 0.2) is 5.16 Å². The molecule has 0 fully saturated rings. The number of carbonyl (C=O) groups excluding carboxylic acids is 1. The second-order valence-corrected chi connectivity index (χ2v) is 7.51. The Bertz CT molecular complexity index is 946. The monoisotopic (exact) mass is 402 g/mol. The van der Waals surface area contributed by atoms with Gasteiger partial charge in [0, 0.05) is 11.4 Å². The number of aromatic nitrogens is 3. The summed E-state index contributed by atoms with van der Waals surface area (Å²) in [6, 6.07) is 14.9. The molecule has 6 nitrogen and oxygen atoms in total. The first-order chi connectivity index (χ1) is 13.0. The molecule has 0 bridgehead atoms. The number of hydrogen-bond acceptors (Lipinski definition) is 5. The van der Waals surface area contributed by atoms with Gasteiger partial charge < -0.3 is 10.1 Å². The van der Waals surface area contributed by atoms with Crippen LogP contribution in [0.4, 0.5) is 5.69 Å². The van der Waals surface area contributed by atoms with Crippen LogP contribution in [0.1, 0.15) is 12.7 Å². The fourth-order valence-corrected chi connectivity index (χ4v) is 3.66. The van der Waals surface area contributed by atoms with E-state index in [4.69, 9.17) is 16.3 Å². The zero-order chi connectivity index (χ0) is 19.4. The number of thioether (sulfide) groups is 1. The maximum absolute atomic E-state index is 12.6. The molecule has 0 unspecified atom stereocenters. The average Bonchev–Trinajstić information content (AvgIpc) is 3.02. The van der Waals surface area contributed by atoms with Crippen LogP contribution in [-0.2, 0) is 4.79 Å². The van der Waals surface area contributed by atoms with Crippen molar-refractivity contribution in [3.63, 3.8) is 0 Å². The number of rotatable bonds is 6. The largest absolute Gasteiger partial charge is 0.495 e. The molecule has 0 aliphatic rings. The normalized spacial score (nSPS) is 11.9. The molecule has 0 aliphatic heterocycles. The Labute approximate surface area is 166 Å². The van der Waals surface area contributed by atoms with E-state index in [0.29, 0.717) is 21.6 Å². The van der Waals surface area contributed by atoms with Gasteiger partial charge in [-0.05, 0) is 44.2 Å². The van der Waals surface area contributed by atoms with Crippen molar-refractivity contribution in [3.05, 3.63) is 59.4 Å². The minimum atomic E-state index is -0.378. The van der Waals surface area contributed by atoms with Crippen LogP contribution in [-0.4, -0.2) is 33.0 Å². The van der Waals surface area contributed by atoms with Crippen molar-refractivity contribution < 1.29 is 9.53 Å². The molecule has 0 radical (unpaired) electrons. The summed E-state index contributed by atoms with van der Waals surface area (Å²) in [5.41, 5.74) is 1.57. The predicted molar refractivity (Wildman–Crippen MR) is 108 cm³/mol. The molecule has 0 saturated carbocycles. The summed E-state index contributed by atoms with van der Waals surface area (Å²) in [7, 11) is 1.54. The molecule has 1 heterocycles. The Hall–Kier alpha value is -2.51. The van der Waals surface area contributed by atoms with E-state index < -0.39 is 0 Å². The third-order valence-corrected chi connectivity index (χ3v) is 5.22. The molecule has 2 aromatic carbocycles. The number of ether oxygens (including phenoxy) is 1. The van der Waals surface area contributed by atoms with Crippen LogP contribution in [0, 0.1) is 6.92 Å². The number of hydrogen-bond donors (Lipinski definition) is 1. The summed E-state index contributed by atoms with van der Waals surface area (Å²) in [5, 5.41) is 12.0. The quantitative estimate of drug-likeness (QED) is 0.620. The molecule has 0 spiro atoms. The fourth-order valence-electron chi connectivity index (χ4n) is 2.49. The van der Waals surface area contributed by atoms with Gasteiger partial charge in [0.2, 0.25) is 5.91 Å². The lowest BCUT2D eigenvalue weighted by Gasteiger charge is -2.14. The van der Waals surface area contributed by atoms with Gasteiger partial charge >= 0.3 is 0 Å². The van der Waals surface area contributed by atoms with Crippen LogP contribution in [0.3, 0.4) is 0 Å². The molecular formula is C19H19ClN4O2S. The van der Waals surface area contributed by atoms with Gasteiger partial charge in [-0.1, -0.05) is 41.6 Å². The number of methoxy groups -OCH3 is 1. The number of anilines is 1. The number of halogens is 1. The molecule has 140 valence electrons. The summed E-state index contributed by atoms with van der Waals surface area (Å²) in [6.45, 7) is 3.71. The minimum Gasteiger partial charge on any atom is -0.495 e. The number of benzene rings is 2. The smallest absolute Gasteiger partial charge is 0.237 e. The number of amides is 1. The lowest BCUT2D eigenvalue weighted by Crippen LogP contribution is -2.22. The molecule has 3 aromatic rings. The first-order valence-corrected chi connectivity index (χ1v) is 9.54. The van der Waals surface area contributed by atoms with E-state index in [9.17, 15) is 4.79 Å². The van der Waals surface area contributed by atoms with Crippen molar-refractivity contribution in [3.8, 4) is 11.4 Å². The molecule has 1 atom stereocenters. The number of aryl methyl sites for hydroxylation is 1. The highest BCUT2D eigenvalue weighted by atomic mass is 35.5.